The van der Waals surface area contributed by atoms with Gasteiger partial charge in [0.25, 0.3) is 5.91 Å². The Hall–Kier alpha value is -3.83. The van der Waals surface area contributed by atoms with Crippen molar-refractivity contribution >= 4 is 40.0 Å². The number of hydrogen-bond acceptors (Lipinski definition) is 4. The molecule has 5 heteroatoms. The maximum atomic E-state index is 13.4. The lowest BCUT2D eigenvalue weighted by Crippen LogP contribution is -2.30. The van der Waals surface area contributed by atoms with Gasteiger partial charge in [-0.05, 0) is 71.8 Å². The van der Waals surface area contributed by atoms with Gasteiger partial charge >= 0.3 is 0 Å². The van der Waals surface area contributed by atoms with E-state index in [4.69, 9.17) is 0 Å². The zero-order valence-corrected chi connectivity index (χ0v) is 19.4. The van der Waals surface area contributed by atoms with Crippen LogP contribution in [0.2, 0.25) is 0 Å². The van der Waals surface area contributed by atoms with Gasteiger partial charge in [-0.25, -0.2) is 0 Å². The van der Waals surface area contributed by atoms with Crippen molar-refractivity contribution in [2.24, 2.45) is 5.92 Å². The third kappa shape index (κ3) is 3.88. The van der Waals surface area contributed by atoms with E-state index in [9.17, 15) is 4.79 Å². The van der Waals surface area contributed by atoms with Crippen molar-refractivity contribution in [1.29, 1.82) is 0 Å². The highest BCUT2D eigenvalue weighted by Gasteiger charge is 2.39. The van der Waals surface area contributed by atoms with Gasteiger partial charge in [-0.1, -0.05) is 48.6 Å². The number of allylic oxidation sites excluding steroid dienone is 2. The molecule has 2 aliphatic rings. The second-order valence-corrected chi connectivity index (χ2v) is 9.76. The maximum absolute atomic E-state index is 13.4. The average molecular weight is 464 g/mol. The second kappa shape index (κ2) is 8.84. The van der Waals surface area contributed by atoms with Crippen molar-refractivity contribution in [3.8, 4) is 0 Å². The van der Waals surface area contributed by atoms with Crippen LogP contribution >= 0.6 is 11.3 Å². The third-order valence-electron chi connectivity index (χ3n) is 6.70. The molecule has 0 saturated heterocycles. The van der Waals surface area contributed by atoms with Gasteiger partial charge in [-0.3, -0.25) is 4.79 Å². The van der Waals surface area contributed by atoms with Gasteiger partial charge in [0.1, 0.15) is 0 Å². The Morgan fingerprint density at radius 1 is 0.853 bits per heavy atom. The van der Waals surface area contributed by atoms with Crippen molar-refractivity contribution in [2.75, 3.05) is 16.0 Å². The Kier molecular flexibility index (Phi) is 5.40. The topological polar surface area (TPSA) is 53.2 Å². The molecule has 0 saturated carbocycles. The summed E-state index contributed by atoms with van der Waals surface area (Å²) in [5.41, 5.74) is 5.62. The third-order valence-corrected chi connectivity index (χ3v) is 7.65. The summed E-state index contributed by atoms with van der Waals surface area (Å²) in [6.07, 6.45) is 5.65. The summed E-state index contributed by atoms with van der Waals surface area (Å²) in [5.74, 6) is 0.715. The molecular weight excluding hydrogens is 438 g/mol. The predicted molar refractivity (Wildman–Crippen MR) is 141 cm³/mol. The number of benzene rings is 3. The Bertz CT molecular complexity index is 1330. The van der Waals surface area contributed by atoms with Gasteiger partial charge in [0.05, 0.1) is 17.3 Å². The Labute approximate surface area is 203 Å². The molecule has 6 rings (SSSR count). The highest BCUT2D eigenvalue weighted by molar-refractivity contribution is 7.10. The molecule has 1 amide bonds. The molecule has 168 valence electrons. The normalized spacial score (nSPS) is 20.2. The number of carbonyl (C=O) groups excluding carboxylic acids is 1. The van der Waals surface area contributed by atoms with Crippen LogP contribution in [0.5, 0.6) is 0 Å². The predicted octanol–water partition coefficient (Wildman–Crippen LogP) is 7.57. The van der Waals surface area contributed by atoms with Crippen LogP contribution < -0.4 is 16.0 Å². The maximum Gasteiger partial charge on any atom is 0.257 e. The van der Waals surface area contributed by atoms with Crippen molar-refractivity contribution < 1.29 is 4.79 Å². The number of para-hydroxylation sites is 2. The van der Waals surface area contributed by atoms with E-state index in [0.29, 0.717) is 17.4 Å². The molecule has 4 nitrogen and oxygen atoms in total. The lowest BCUT2D eigenvalue weighted by molar-refractivity contribution is 0.102. The van der Waals surface area contributed by atoms with Gasteiger partial charge in [-0.2, -0.15) is 0 Å². The summed E-state index contributed by atoms with van der Waals surface area (Å²) in [6, 6.07) is 28.4. The summed E-state index contributed by atoms with van der Waals surface area (Å²) in [5, 5.41) is 12.3. The van der Waals surface area contributed by atoms with Crippen LogP contribution in [-0.4, -0.2) is 5.91 Å². The zero-order chi connectivity index (χ0) is 22.9. The smallest absolute Gasteiger partial charge is 0.257 e. The standard InChI is InChI=1S/C29H25N3OS/c33-29(31-21-16-14-20(15-17-21)30-19-7-2-1-3-8-19)25-12-5-10-23-22-9-4-11-24(22)28(32-27(23)25)26-13-6-18-34-26/h1-10,12-18,22,24,28,30,32H,11H2,(H,31,33). The summed E-state index contributed by atoms with van der Waals surface area (Å²) in [6.45, 7) is 0. The fourth-order valence-corrected chi connectivity index (χ4v) is 5.94. The van der Waals surface area contributed by atoms with Gasteiger partial charge < -0.3 is 16.0 Å². The minimum Gasteiger partial charge on any atom is -0.376 e. The quantitative estimate of drug-likeness (QED) is 0.268. The summed E-state index contributed by atoms with van der Waals surface area (Å²) in [4.78, 5) is 14.7. The molecule has 3 unspecified atom stereocenters. The molecule has 1 aliphatic carbocycles. The SMILES string of the molecule is O=C(Nc1ccc(Nc2ccccc2)cc1)c1cccc2c1NC(c1cccs1)C1CC=CC21. The number of hydrogen-bond donors (Lipinski definition) is 3. The summed E-state index contributed by atoms with van der Waals surface area (Å²) in [7, 11) is 0. The molecule has 0 fully saturated rings. The first kappa shape index (κ1) is 20.8. The monoisotopic (exact) mass is 463 g/mol. The number of anilines is 4. The zero-order valence-electron chi connectivity index (χ0n) is 18.6. The van der Waals surface area contributed by atoms with E-state index >= 15 is 0 Å². The van der Waals surface area contributed by atoms with E-state index in [-0.39, 0.29) is 11.9 Å². The van der Waals surface area contributed by atoms with Gasteiger partial charge in [0, 0.05) is 27.9 Å². The van der Waals surface area contributed by atoms with E-state index in [1.54, 1.807) is 11.3 Å². The number of rotatable bonds is 5. The van der Waals surface area contributed by atoms with Crippen LogP contribution in [0.25, 0.3) is 0 Å². The molecule has 0 bridgehead atoms. The number of nitrogens with one attached hydrogen (secondary N) is 3. The number of thiophene rings is 1. The lowest BCUT2D eigenvalue weighted by atomic mass is 9.78. The average Bonchev–Trinajstić information content (AvgIpc) is 3.58. The first-order valence-electron chi connectivity index (χ1n) is 11.6. The first-order valence-corrected chi connectivity index (χ1v) is 12.5. The molecule has 1 aliphatic heterocycles. The van der Waals surface area contributed by atoms with Crippen LogP contribution in [-0.2, 0) is 0 Å². The Morgan fingerprint density at radius 3 is 2.44 bits per heavy atom. The van der Waals surface area contributed by atoms with Crippen LogP contribution in [0.1, 0.15) is 39.2 Å². The highest BCUT2D eigenvalue weighted by atomic mass is 32.1. The fourth-order valence-electron chi connectivity index (χ4n) is 5.08. The van der Waals surface area contributed by atoms with Crippen molar-refractivity contribution in [2.45, 2.75) is 18.4 Å². The molecule has 1 aromatic heterocycles. The fraction of sp³-hybridized carbons (Fsp3) is 0.138. The molecule has 0 spiro atoms. The van der Waals surface area contributed by atoms with Gasteiger partial charge in [0.15, 0.2) is 0 Å². The summed E-state index contributed by atoms with van der Waals surface area (Å²) < 4.78 is 0. The van der Waals surface area contributed by atoms with E-state index in [1.165, 1.54) is 10.4 Å². The summed E-state index contributed by atoms with van der Waals surface area (Å²) >= 11 is 1.77. The molecular formula is C29H25N3OS. The minimum atomic E-state index is -0.0986. The van der Waals surface area contributed by atoms with Gasteiger partial charge in [0.2, 0.25) is 0 Å². The van der Waals surface area contributed by atoms with Crippen molar-refractivity contribution in [3.63, 3.8) is 0 Å². The molecule has 3 N–H and O–H groups in total. The molecule has 3 aromatic carbocycles. The van der Waals surface area contributed by atoms with Crippen molar-refractivity contribution in [1.82, 2.24) is 0 Å². The van der Waals surface area contributed by atoms with Crippen LogP contribution in [0.4, 0.5) is 22.7 Å². The van der Waals surface area contributed by atoms with E-state index in [0.717, 1.165) is 29.2 Å². The molecule has 3 atom stereocenters. The number of amides is 1. The largest absolute Gasteiger partial charge is 0.376 e. The molecule has 2 heterocycles. The molecule has 34 heavy (non-hydrogen) atoms. The van der Waals surface area contributed by atoms with E-state index < -0.39 is 0 Å². The van der Waals surface area contributed by atoms with Crippen LogP contribution in [0.15, 0.2) is 102 Å². The Balaban J connectivity index is 1.24. The number of fused-ring (bicyclic) bond motifs is 3. The van der Waals surface area contributed by atoms with E-state index in [2.05, 4.69) is 51.7 Å². The second-order valence-electron chi connectivity index (χ2n) is 8.78. The first-order chi connectivity index (χ1) is 16.8. The van der Waals surface area contributed by atoms with Gasteiger partial charge in [-0.15, -0.1) is 11.3 Å². The molecule has 0 radical (unpaired) electrons. The van der Waals surface area contributed by atoms with Crippen LogP contribution in [0.3, 0.4) is 0 Å². The highest BCUT2D eigenvalue weighted by Crippen LogP contribution is 2.51. The number of carbonyl (C=O) groups is 1. The lowest BCUT2D eigenvalue weighted by Gasteiger charge is -2.37. The van der Waals surface area contributed by atoms with Crippen molar-refractivity contribution in [3.05, 3.63) is 118 Å². The van der Waals surface area contributed by atoms with Crippen LogP contribution in [0, 0.1) is 5.92 Å². The Morgan fingerprint density at radius 2 is 1.65 bits per heavy atom. The van der Waals surface area contributed by atoms with E-state index in [1.807, 2.05) is 66.7 Å². The molecule has 4 aromatic rings. The minimum absolute atomic E-state index is 0.0986.